The van der Waals surface area contributed by atoms with E-state index < -0.39 is 5.60 Å². The molecule has 0 aromatic heterocycles. The highest BCUT2D eigenvalue weighted by Crippen LogP contribution is 2.32. The molecule has 1 atom stereocenters. The molecule has 3 N–H and O–H groups in total. The van der Waals surface area contributed by atoms with Crippen LogP contribution in [0.2, 0.25) is 0 Å². The molecule has 0 amide bonds. The number of hydrogen-bond donors (Lipinski definition) is 2. The van der Waals surface area contributed by atoms with Crippen LogP contribution in [0.15, 0.2) is 0 Å². The Kier molecular flexibility index (Phi) is 3.53. The van der Waals surface area contributed by atoms with Crippen molar-refractivity contribution < 1.29 is 5.11 Å². The first-order valence-corrected chi connectivity index (χ1v) is 5.06. The van der Waals surface area contributed by atoms with Crippen molar-refractivity contribution in [2.45, 2.75) is 51.0 Å². The summed E-state index contributed by atoms with van der Waals surface area (Å²) >= 11 is 0. The third-order valence-electron chi connectivity index (χ3n) is 2.89. The lowest BCUT2D eigenvalue weighted by molar-refractivity contribution is 0.0285. The average Bonchev–Trinajstić information content (AvgIpc) is 2.38. The predicted molar refractivity (Wildman–Crippen MR) is 50.9 cm³/mol. The molecular formula is C10H21NO. The van der Waals surface area contributed by atoms with Crippen LogP contribution in [-0.2, 0) is 0 Å². The van der Waals surface area contributed by atoms with Crippen LogP contribution in [0.4, 0.5) is 0 Å². The van der Waals surface area contributed by atoms with Gasteiger partial charge < -0.3 is 10.8 Å². The van der Waals surface area contributed by atoms with Gasteiger partial charge in [0, 0.05) is 0 Å². The van der Waals surface area contributed by atoms with Crippen molar-refractivity contribution in [1.29, 1.82) is 0 Å². The van der Waals surface area contributed by atoms with Gasteiger partial charge in [-0.1, -0.05) is 25.7 Å². The molecule has 1 fully saturated rings. The highest BCUT2D eigenvalue weighted by Gasteiger charge is 2.26. The molecule has 2 nitrogen and oxygen atoms in total. The quantitative estimate of drug-likeness (QED) is 0.676. The zero-order valence-corrected chi connectivity index (χ0v) is 8.05. The van der Waals surface area contributed by atoms with Crippen molar-refractivity contribution in [3.8, 4) is 0 Å². The fraction of sp³-hybridized carbons (Fsp3) is 1.00. The molecule has 1 rings (SSSR count). The van der Waals surface area contributed by atoms with E-state index in [4.69, 9.17) is 5.73 Å². The van der Waals surface area contributed by atoms with Crippen LogP contribution < -0.4 is 5.73 Å². The third kappa shape index (κ3) is 3.11. The molecule has 0 heterocycles. The number of aliphatic hydroxyl groups is 1. The zero-order valence-electron chi connectivity index (χ0n) is 8.05. The van der Waals surface area contributed by atoms with E-state index in [0.717, 1.165) is 18.8 Å². The third-order valence-corrected chi connectivity index (χ3v) is 2.89. The first kappa shape index (κ1) is 10.0. The summed E-state index contributed by atoms with van der Waals surface area (Å²) in [5, 5.41) is 9.89. The van der Waals surface area contributed by atoms with E-state index in [1.807, 2.05) is 6.92 Å². The Labute approximate surface area is 75.2 Å². The Morgan fingerprint density at radius 1 is 1.42 bits per heavy atom. The minimum Gasteiger partial charge on any atom is -0.390 e. The minimum absolute atomic E-state index is 0.510. The van der Waals surface area contributed by atoms with Crippen molar-refractivity contribution in [3.63, 3.8) is 0 Å². The van der Waals surface area contributed by atoms with Gasteiger partial charge in [-0.15, -0.1) is 0 Å². The fourth-order valence-electron chi connectivity index (χ4n) is 2.25. The summed E-state index contributed by atoms with van der Waals surface area (Å²) in [5.41, 5.74) is 4.92. The lowest BCUT2D eigenvalue weighted by Crippen LogP contribution is -2.29. The second-order valence-electron chi connectivity index (χ2n) is 4.39. The molecular weight excluding hydrogens is 150 g/mol. The molecule has 0 radical (unpaired) electrons. The first-order chi connectivity index (χ1) is 5.64. The highest BCUT2D eigenvalue weighted by molar-refractivity contribution is 4.79. The molecule has 1 unspecified atom stereocenters. The standard InChI is InChI=1S/C10H21NO/c1-10(12,6-7-11)8-9-4-2-3-5-9/h9,12H,2-8,11H2,1H3. The first-order valence-electron chi connectivity index (χ1n) is 5.06. The summed E-state index contributed by atoms with van der Waals surface area (Å²) in [6, 6.07) is 0. The minimum atomic E-state index is -0.510. The molecule has 0 saturated heterocycles. The van der Waals surface area contributed by atoms with Crippen LogP contribution >= 0.6 is 0 Å². The average molecular weight is 171 g/mol. The fourth-order valence-corrected chi connectivity index (χ4v) is 2.25. The molecule has 12 heavy (non-hydrogen) atoms. The number of nitrogens with two attached hydrogens (primary N) is 1. The molecule has 0 aromatic rings. The van der Waals surface area contributed by atoms with Crippen molar-refractivity contribution in [3.05, 3.63) is 0 Å². The van der Waals surface area contributed by atoms with Crippen molar-refractivity contribution in [1.82, 2.24) is 0 Å². The van der Waals surface area contributed by atoms with Gasteiger partial charge in [0.05, 0.1) is 5.60 Å². The molecule has 2 heteroatoms. The second kappa shape index (κ2) is 4.24. The Hall–Kier alpha value is -0.0800. The van der Waals surface area contributed by atoms with Crippen LogP contribution in [0.5, 0.6) is 0 Å². The topological polar surface area (TPSA) is 46.2 Å². The summed E-state index contributed by atoms with van der Waals surface area (Å²) < 4.78 is 0. The summed E-state index contributed by atoms with van der Waals surface area (Å²) in [5.74, 6) is 0.756. The Balaban J connectivity index is 2.27. The van der Waals surface area contributed by atoms with Crippen LogP contribution in [0.25, 0.3) is 0 Å². The number of hydrogen-bond acceptors (Lipinski definition) is 2. The summed E-state index contributed by atoms with van der Waals surface area (Å²) in [6.07, 6.45) is 7.00. The van der Waals surface area contributed by atoms with Gasteiger partial charge in [0.15, 0.2) is 0 Å². The van der Waals surface area contributed by atoms with Crippen LogP contribution in [0.3, 0.4) is 0 Å². The van der Waals surface area contributed by atoms with Crippen molar-refractivity contribution in [2.24, 2.45) is 11.7 Å². The molecule has 0 spiro atoms. The van der Waals surface area contributed by atoms with E-state index in [1.54, 1.807) is 0 Å². The Morgan fingerprint density at radius 2 is 2.00 bits per heavy atom. The second-order valence-corrected chi connectivity index (χ2v) is 4.39. The smallest absolute Gasteiger partial charge is 0.0634 e. The van der Waals surface area contributed by atoms with Gasteiger partial charge in [0.25, 0.3) is 0 Å². The monoisotopic (exact) mass is 171 g/mol. The predicted octanol–water partition coefficient (Wildman–Crippen LogP) is 1.67. The summed E-state index contributed by atoms with van der Waals surface area (Å²) in [4.78, 5) is 0. The maximum absolute atomic E-state index is 9.89. The van der Waals surface area contributed by atoms with Gasteiger partial charge in [-0.3, -0.25) is 0 Å². The van der Waals surface area contributed by atoms with Gasteiger partial charge in [-0.2, -0.15) is 0 Å². The Bertz CT molecular complexity index is 128. The molecule has 0 aromatic carbocycles. The molecule has 1 saturated carbocycles. The van der Waals surface area contributed by atoms with Gasteiger partial charge in [-0.05, 0) is 32.2 Å². The molecule has 1 aliphatic rings. The molecule has 72 valence electrons. The van der Waals surface area contributed by atoms with E-state index in [9.17, 15) is 5.11 Å². The lowest BCUT2D eigenvalue weighted by Gasteiger charge is -2.25. The molecule has 0 aliphatic heterocycles. The molecule has 0 bridgehead atoms. The highest BCUT2D eigenvalue weighted by atomic mass is 16.3. The number of rotatable bonds is 4. The van der Waals surface area contributed by atoms with Crippen LogP contribution in [-0.4, -0.2) is 17.3 Å². The van der Waals surface area contributed by atoms with Crippen LogP contribution in [0.1, 0.15) is 45.4 Å². The summed E-state index contributed by atoms with van der Waals surface area (Å²) in [7, 11) is 0. The summed E-state index contributed by atoms with van der Waals surface area (Å²) in [6.45, 7) is 2.51. The van der Waals surface area contributed by atoms with Crippen LogP contribution in [0, 0.1) is 5.92 Å². The molecule has 1 aliphatic carbocycles. The van der Waals surface area contributed by atoms with Crippen molar-refractivity contribution >= 4 is 0 Å². The SMILES string of the molecule is CC(O)(CCN)CC1CCCC1. The van der Waals surface area contributed by atoms with Gasteiger partial charge >= 0.3 is 0 Å². The van der Waals surface area contributed by atoms with E-state index in [-0.39, 0.29) is 0 Å². The lowest BCUT2D eigenvalue weighted by atomic mass is 9.88. The zero-order chi connectivity index (χ0) is 9.03. The maximum atomic E-state index is 9.89. The van der Waals surface area contributed by atoms with E-state index >= 15 is 0 Å². The van der Waals surface area contributed by atoms with Gasteiger partial charge in [0.2, 0.25) is 0 Å². The van der Waals surface area contributed by atoms with E-state index in [2.05, 4.69) is 0 Å². The normalized spacial score (nSPS) is 24.2. The maximum Gasteiger partial charge on any atom is 0.0634 e. The Morgan fingerprint density at radius 3 is 2.50 bits per heavy atom. The van der Waals surface area contributed by atoms with Gasteiger partial charge in [-0.25, -0.2) is 0 Å². The van der Waals surface area contributed by atoms with E-state index in [0.29, 0.717) is 6.54 Å². The van der Waals surface area contributed by atoms with Crippen molar-refractivity contribution in [2.75, 3.05) is 6.54 Å². The van der Waals surface area contributed by atoms with Gasteiger partial charge in [0.1, 0.15) is 0 Å². The van der Waals surface area contributed by atoms with E-state index in [1.165, 1.54) is 25.7 Å². The largest absolute Gasteiger partial charge is 0.390 e.